The molecule has 1 aromatic carbocycles. The second-order valence-corrected chi connectivity index (χ2v) is 7.84. The third-order valence-corrected chi connectivity index (χ3v) is 6.27. The highest BCUT2D eigenvalue weighted by Gasteiger charge is 2.25. The Morgan fingerprint density at radius 1 is 1.20 bits per heavy atom. The molecule has 0 aliphatic carbocycles. The molecule has 3 aromatic rings. The van der Waals surface area contributed by atoms with E-state index < -0.39 is 0 Å². The van der Waals surface area contributed by atoms with Crippen LogP contribution < -0.4 is 4.90 Å². The summed E-state index contributed by atoms with van der Waals surface area (Å²) in [6, 6.07) is 8.17. The number of aryl methyl sites for hydroxylation is 1. The maximum absolute atomic E-state index is 12.6. The first-order valence-corrected chi connectivity index (χ1v) is 10.2. The fraction of sp³-hybridized carbons (Fsp3) is 0.353. The molecule has 0 saturated carbocycles. The van der Waals surface area contributed by atoms with Crippen molar-refractivity contribution in [1.82, 2.24) is 19.7 Å². The van der Waals surface area contributed by atoms with Crippen LogP contribution in [0.15, 0.2) is 35.4 Å². The summed E-state index contributed by atoms with van der Waals surface area (Å²) < 4.78 is 2.85. The molecule has 1 aliphatic rings. The monoisotopic (exact) mass is 373 g/mol. The number of carbonyl (C=O) groups excluding carboxylic acids is 1. The van der Waals surface area contributed by atoms with Crippen molar-refractivity contribution in [2.75, 3.05) is 37.3 Å². The minimum Gasteiger partial charge on any atom is -0.345 e. The van der Waals surface area contributed by atoms with E-state index in [2.05, 4.69) is 34.5 Å². The van der Waals surface area contributed by atoms with E-state index in [1.807, 2.05) is 4.90 Å². The number of rotatable bonds is 3. The van der Waals surface area contributed by atoms with Crippen molar-refractivity contribution in [3.63, 3.8) is 0 Å². The molecule has 0 spiro atoms. The van der Waals surface area contributed by atoms with Crippen molar-refractivity contribution in [2.45, 2.75) is 4.90 Å². The van der Waals surface area contributed by atoms with Crippen molar-refractivity contribution in [3.05, 3.63) is 36.2 Å². The van der Waals surface area contributed by atoms with Gasteiger partial charge in [-0.3, -0.25) is 9.48 Å². The Bertz CT molecular complexity index is 911. The fourth-order valence-corrected chi connectivity index (χ4v) is 4.57. The van der Waals surface area contributed by atoms with E-state index in [1.54, 1.807) is 47.1 Å². The Morgan fingerprint density at radius 2 is 2.00 bits per heavy atom. The number of carbonyl (C=O) groups is 1. The van der Waals surface area contributed by atoms with Gasteiger partial charge in [0.1, 0.15) is 5.69 Å². The molecule has 130 valence electrons. The summed E-state index contributed by atoms with van der Waals surface area (Å²) in [5.74, 6) is 0.0496. The molecule has 0 atom stereocenters. The number of hydrogen-bond acceptors (Lipinski definition) is 6. The fourth-order valence-electron chi connectivity index (χ4n) is 3.00. The molecule has 6 nitrogen and oxygen atoms in total. The number of piperazine rings is 1. The van der Waals surface area contributed by atoms with Gasteiger partial charge < -0.3 is 9.80 Å². The Balaban J connectivity index is 1.46. The van der Waals surface area contributed by atoms with Crippen LogP contribution in [0.4, 0.5) is 5.13 Å². The normalized spacial score (nSPS) is 15.1. The molecule has 1 fully saturated rings. The van der Waals surface area contributed by atoms with Gasteiger partial charge in [0.15, 0.2) is 5.13 Å². The van der Waals surface area contributed by atoms with E-state index in [-0.39, 0.29) is 5.91 Å². The van der Waals surface area contributed by atoms with Gasteiger partial charge in [0.25, 0.3) is 5.91 Å². The second kappa shape index (κ2) is 6.68. The van der Waals surface area contributed by atoms with Gasteiger partial charge in [-0.15, -0.1) is 11.8 Å². The first kappa shape index (κ1) is 16.4. The number of amides is 1. The lowest BCUT2D eigenvalue weighted by atomic mass is 10.3. The smallest absolute Gasteiger partial charge is 0.272 e. The number of benzene rings is 1. The Kier molecular flexibility index (Phi) is 4.39. The number of thioether (sulfide) groups is 1. The van der Waals surface area contributed by atoms with Gasteiger partial charge in [-0.05, 0) is 30.5 Å². The molecule has 1 amide bonds. The molecule has 0 unspecified atom stereocenters. The summed E-state index contributed by atoms with van der Waals surface area (Å²) in [5.41, 5.74) is 1.68. The summed E-state index contributed by atoms with van der Waals surface area (Å²) >= 11 is 3.47. The zero-order valence-corrected chi connectivity index (χ0v) is 15.8. The van der Waals surface area contributed by atoms with Gasteiger partial charge in [-0.2, -0.15) is 5.10 Å². The van der Waals surface area contributed by atoms with E-state index >= 15 is 0 Å². The van der Waals surface area contributed by atoms with Gasteiger partial charge >= 0.3 is 0 Å². The second-order valence-electron chi connectivity index (χ2n) is 5.95. The number of aromatic nitrogens is 3. The van der Waals surface area contributed by atoms with Crippen LogP contribution in [0.3, 0.4) is 0 Å². The van der Waals surface area contributed by atoms with E-state index in [0.717, 1.165) is 23.7 Å². The summed E-state index contributed by atoms with van der Waals surface area (Å²) in [4.78, 5) is 22.8. The zero-order chi connectivity index (χ0) is 17.4. The molecule has 0 bridgehead atoms. The maximum Gasteiger partial charge on any atom is 0.272 e. The predicted octanol–water partition coefficient (Wildman–Crippen LogP) is 2.71. The molecule has 0 radical (unpaired) electrons. The highest BCUT2D eigenvalue weighted by atomic mass is 32.2. The van der Waals surface area contributed by atoms with Crippen LogP contribution in [0.1, 0.15) is 10.5 Å². The highest BCUT2D eigenvalue weighted by Crippen LogP contribution is 2.32. The first-order chi connectivity index (χ1) is 12.2. The van der Waals surface area contributed by atoms with Gasteiger partial charge in [-0.25, -0.2) is 4.98 Å². The molecule has 0 N–H and O–H groups in total. The van der Waals surface area contributed by atoms with Crippen LogP contribution in [0, 0.1) is 0 Å². The number of thiazole rings is 1. The van der Waals surface area contributed by atoms with Gasteiger partial charge in [0.05, 0.1) is 10.2 Å². The summed E-state index contributed by atoms with van der Waals surface area (Å²) in [5, 5.41) is 5.12. The van der Waals surface area contributed by atoms with Crippen LogP contribution in [-0.2, 0) is 7.05 Å². The van der Waals surface area contributed by atoms with Crippen molar-refractivity contribution in [2.24, 2.45) is 7.05 Å². The molecule has 1 saturated heterocycles. The summed E-state index contributed by atoms with van der Waals surface area (Å²) in [6.07, 6.45) is 3.75. The molecule has 8 heteroatoms. The van der Waals surface area contributed by atoms with Crippen molar-refractivity contribution >= 4 is 44.4 Å². The maximum atomic E-state index is 12.6. The number of fused-ring (bicyclic) bond motifs is 1. The van der Waals surface area contributed by atoms with E-state index in [9.17, 15) is 4.79 Å². The van der Waals surface area contributed by atoms with Crippen LogP contribution in [-0.4, -0.2) is 58.0 Å². The van der Waals surface area contributed by atoms with Crippen LogP contribution in [0.5, 0.6) is 0 Å². The Hall–Kier alpha value is -2.06. The molecule has 4 rings (SSSR count). The van der Waals surface area contributed by atoms with E-state index in [1.165, 1.54) is 9.60 Å². The quantitative estimate of drug-likeness (QED) is 0.661. The molecule has 3 heterocycles. The van der Waals surface area contributed by atoms with Crippen LogP contribution >= 0.6 is 23.1 Å². The lowest BCUT2D eigenvalue weighted by Crippen LogP contribution is -2.49. The number of hydrogen-bond donors (Lipinski definition) is 0. The SMILES string of the molecule is CSc1ccc2nc(N3CCN(C(=O)c4ccnn4C)CC3)sc2c1. The molecule has 25 heavy (non-hydrogen) atoms. The minimum atomic E-state index is 0.0496. The topological polar surface area (TPSA) is 54.3 Å². The Morgan fingerprint density at radius 3 is 2.68 bits per heavy atom. The third kappa shape index (κ3) is 3.11. The van der Waals surface area contributed by atoms with Crippen molar-refractivity contribution < 1.29 is 4.79 Å². The van der Waals surface area contributed by atoms with Gasteiger partial charge in [-0.1, -0.05) is 11.3 Å². The van der Waals surface area contributed by atoms with Crippen molar-refractivity contribution in [1.29, 1.82) is 0 Å². The number of nitrogens with zero attached hydrogens (tertiary/aromatic N) is 5. The van der Waals surface area contributed by atoms with Gasteiger partial charge in [0.2, 0.25) is 0 Å². The van der Waals surface area contributed by atoms with Gasteiger partial charge in [0, 0.05) is 44.3 Å². The largest absolute Gasteiger partial charge is 0.345 e. The number of anilines is 1. The highest BCUT2D eigenvalue weighted by molar-refractivity contribution is 7.98. The molecular weight excluding hydrogens is 354 g/mol. The lowest BCUT2D eigenvalue weighted by Gasteiger charge is -2.34. The molecule has 1 aliphatic heterocycles. The average Bonchev–Trinajstić information content (AvgIpc) is 3.26. The molecule has 2 aromatic heterocycles. The van der Waals surface area contributed by atoms with Crippen molar-refractivity contribution in [3.8, 4) is 0 Å². The standard InChI is InChI=1S/C17H19N5OS2/c1-20-14(5-6-18-20)16(23)21-7-9-22(10-8-21)17-19-13-4-3-12(24-2)11-15(13)25-17/h3-6,11H,7-10H2,1-2H3. The van der Waals surface area contributed by atoms with Crippen LogP contribution in [0.25, 0.3) is 10.2 Å². The third-order valence-electron chi connectivity index (χ3n) is 4.46. The minimum absolute atomic E-state index is 0.0496. The summed E-state index contributed by atoms with van der Waals surface area (Å²) in [7, 11) is 1.80. The average molecular weight is 374 g/mol. The zero-order valence-electron chi connectivity index (χ0n) is 14.2. The van der Waals surface area contributed by atoms with E-state index in [0.29, 0.717) is 18.8 Å². The predicted molar refractivity (Wildman–Crippen MR) is 103 cm³/mol. The van der Waals surface area contributed by atoms with Crippen LogP contribution in [0.2, 0.25) is 0 Å². The molecular formula is C17H19N5OS2. The Labute approximate surface area is 154 Å². The summed E-state index contributed by atoms with van der Waals surface area (Å²) in [6.45, 7) is 3.02. The first-order valence-electron chi connectivity index (χ1n) is 8.12. The van der Waals surface area contributed by atoms with E-state index in [4.69, 9.17) is 4.98 Å². The lowest BCUT2D eigenvalue weighted by molar-refractivity contribution is 0.0735.